The van der Waals surface area contributed by atoms with Crippen LogP contribution in [0.25, 0.3) is 0 Å². The molecule has 1 aromatic rings. The minimum absolute atomic E-state index is 0.00950. The van der Waals surface area contributed by atoms with Gasteiger partial charge >= 0.3 is 0 Å². The van der Waals surface area contributed by atoms with Crippen molar-refractivity contribution in [2.75, 3.05) is 26.7 Å². The number of nitrogens with zero attached hydrogens (tertiary/aromatic N) is 2. The molecule has 2 N–H and O–H groups in total. The molecule has 2 rings (SSSR count). The first-order valence-corrected chi connectivity index (χ1v) is 7.40. The predicted molar refractivity (Wildman–Crippen MR) is 81.6 cm³/mol. The fourth-order valence-corrected chi connectivity index (χ4v) is 2.59. The minimum Gasteiger partial charge on any atom is -0.341 e. The summed E-state index contributed by atoms with van der Waals surface area (Å²) in [4.78, 5) is 27.5. The van der Waals surface area contributed by atoms with E-state index in [-0.39, 0.29) is 18.4 Å². The zero-order valence-corrected chi connectivity index (χ0v) is 12.5. The Balaban J connectivity index is 1.84. The number of hydrogen-bond donors (Lipinski definition) is 1. The Kier molecular flexibility index (Phi) is 5.33. The maximum Gasteiger partial charge on any atom is 0.242 e. The summed E-state index contributed by atoms with van der Waals surface area (Å²) < 4.78 is 0. The molecule has 5 nitrogen and oxygen atoms in total. The zero-order chi connectivity index (χ0) is 15.2. The Morgan fingerprint density at radius 1 is 1.24 bits per heavy atom. The van der Waals surface area contributed by atoms with E-state index in [1.807, 2.05) is 35.2 Å². The van der Waals surface area contributed by atoms with Crippen molar-refractivity contribution >= 4 is 11.8 Å². The number of hydrogen-bond acceptors (Lipinski definition) is 3. The van der Waals surface area contributed by atoms with Gasteiger partial charge < -0.3 is 15.5 Å². The Morgan fingerprint density at radius 2 is 1.86 bits per heavy atom. The number of likely N-dealkylation sites (tertiary alicyclic amines) is 1. The van der Waals surface area contributed by atoms with Crippen LogP contribution in [0, 0.1) is 0 Å². The van der Waals surface area contributed by atoms with E-state index >= 15 is 0 Å². The van der Waals surface area contributed by atoms with Crippen molar-refractivity contribution in [2.24, 2.45) is 5.73 Å². The van der Waals surface area contributed by atoms with Crippen molar-refractivity contribution in [3.63, 3.8) is 0 Å². The summed E-state index contributed by atoms with van der Waals surface area (Å²) in [5, 5.41) is 0. The van der Waals surface area contributed by atoms with Crippen molar-refractivity contribution in [3.05, 3.63) is 35.9 Å². The average Bonchev–Trinajstić information content (AvgIpc) is 3.01. The fraction of sp³-hybridized carbons (Fsp3) is 0.500. The van der Waals surface area contributed by atoms with E-state index < -0.39 is 6.04 Å². The van der Waals surface area contributed by atoms with Gasteiger partial charge in [0.1, 0.15) is 0 Å². The minimum atomic E-state index is -0.608. The molecular weight excluding hydrogens is 266 g/mol. The van der Waals surface area contributed by atoms with Crippen LogP contribution in [0.2, 0.25) is 0 Å². The molecule has 5 heteroatoms. The number of rotatable bonds is 5. The van der Waals surface area contributed by atoms with Crippen molar-refractivity contribution in [3.8, 4) is 0 Å². The van der Waals surface area contributed by atoms with Gasteiger partial charge in [0.15, 0.2) is 0 Å². The normalized spacial score (nSPS) is 15.8. The molecule has 1 aliphatic rings. The van der Waals surface area contributed by atoms with Gasteiger partial charge in [0.25, 0.3) is 0 Å². The number of likely N-dealkylation sites (N-methyl/N-ethyl adjacent to an activating group) is 1. The summed E-state index contributed by atoms with van der Waals surface area (Å²) in [5.74, 6) is -0.179. The van der Waals surface area contributed by atoms with E-state index in [0.717, 1.165) is 31.5 Å². The monoisotopic (exact) mass is 289 g/mol. The lowest BCUT2D eigenvalue weighted by molar-refractivity contribution is -0.139. The second-order valence-electron chi connectivity index (χ2n) is 5.58. The smallest absolute Gasteiger partial charge is 0.242 e. The number of amides is 2. The van der Waals surface area contributed by atoms with Crippen LogP contribution in [0.1, 0.15) is 18.4 Å². The van der Waals surface area contributed by atoms with Gasteiger partial charge in [0.2, 0.25) is 11.8 Å². The van der Waals surface area contributed by atoms with Crippen molar-refractivity contribution in [1.29, 1.82) is 0 Å². The summed E-state index contributed by atoms with van der Waals surface area (Å²) >= 11 is 0. The highest BCUT2D eigenvalue weighted by atomic mass is 16.2. The molecule has 1 saturated heterocycles. The number of carbonyl (C=O) groups excluding carboxylic acids is 2. The van der Waals surface area contributed by atoms with Crippen LogP contribution in [-0.2, 0) is 16.0 Å². The molecule has 0 spiro atoms. The lowest BCUT2D eigenvalue weighted by atomic mass is 10.1. The van der Waals surface area contributed by atoms with Gasteiger partial charge in [-0.2, -0.15) is 0 Å². The van der Waals surface area contributed by atoms with Crippen LogP contribution in [0.5, 0.6) is 0 Å². The summed E-state index contributed by atoms with van der Waals surface area (Å²) in [6.07, 6.45) is 2.59. The molecule has 0 bridgehead atoms. The summed E-state index contributed by atoms with van der Waals surface area (Å²) in [5.41, 5.74) is 6.99. The third-order valence-electron chi connectivity index (χ3n) is 3.82. The SMILES string of the molecule is CN(CC(=O)N1CCCC1)C(=O)[C@H](N)Cc1ccccc1. The van der Waals surface area contributed by atoms with Crippen LogP contribution in [0.15, 0.2) is 30.3 Å². The van der Waals surface area contributed by atoms with E-state index in [2.05, 4.69) is 0 Å². The molecule has 1 aromatic carbocycles. The van der Waals surface area contributed by atoms with E-state index in [9.17, 15) is 9.59 Å². The van der Waals surface area contributed by atoms with Crippen LogP contribution in [-0.4, -0.2) is 54.3 Å². The summed E-state index contributed by atoms with van der Waals surface area (Å²) in [6.45, 7) is 1.72. The van der Waals surface area contributed by atoms with Crippen LogP contribution >= 0.6 is 0 Å². The molecule has 1 fully saturated rings. The van der Waals surface area contributed by atoms with E-state index in [4.69, 9.17) is 5.73 Å². The molecule has 0 aliphatic carbocycles. The average molecular weight is 289 g/mol. The first-order chi connectivity index (χ1) is 10.1. The van der Waals surface area contributed by atoms with E-state index in [1.54, 1.807) is 7.05 Å². The van der Waals surface area contributed by atoms with Crippen LogP contribution in [0.3, 0.4) is 0 Å². The van der Waals surface area contributed by atoms with Gasteiger partial charge in [-0.15, -0.1) is 0 Å². The van der Waals surface area contributed by atoms with E-state index in [0.29, 0.717) is 6.42 Å². The highest BCUT2D eigenvalue weighted by Crippen LogP contribution is 2.08. The molecule has 21 heavy (non-hydrogen) atoms. The topological polar surface area (TPSA) is 66.6 Å². The lowest BCUT2D eigenvalue weighted by Crippen LogP contribution is -2.47. The lowest BCUT2D eigenvalue weighted by Gasteiger charge is -2.23. The van der Waals surface area contributed by atoms with Gasteiger partial charge in [-0.3, -0.25) is 9.59 Å². The molecule has 1 atom stereocenters. The quantitative estimate of drug-likeness (QED) is 0.865. The van der Waals surface area contributed by atoms with Gasteiger partial charge in [0.05, 0.1) is 12.6 Å². The number of carbonyl (C=O) groups is 2. The molecule has 114 valence electrons. The summed E-state index contributed by atoms with van der Waals surface area (Å²) in [6, 6.07) is 9.06. The fourth-order valence-electron chi connectivity index (χ4n) is 2.59. The molecule has 1 heterocycles. The second kappa shape index (κ2) is 7.22. The maximum atomic E-state index is 12.2. The van der Waals surface area contributed by atoms with Gasteiger partial charge in [0, 0.05) is 20.1 Å². The Hall–Kier alpha value is -1.88. The molecule has 2 amide bonds. The highest BCUT2D eigenvalue weighted by molar-refractivity contribution is 5.87. The maximum absolute atomic E-state index is 12.2. The second-order valence-corrected chi connectivity index (χ2v) is 5.58. The first kappa shape index (κ1) is 15.5. The zero-order valence-electron chi connectivity index (χ0n) is 12.5. The van der Waals surface area contributed by atoms with Crippen molar-refractivity contribution in [1.82, 2.24) is 9.80 Å². The molecule has 0 aromatic heterocycles. The third-order valence-corrected chi connectivity index (χ3v) is 3.82. The van der Waals surface area contributed by atoms with Gasteiger partial charge in [-0.25, -0.2) is 0 Å². The molecule has 0 saturated carbocycles. The standard InChI is InChI=1S/C16H23N3O2/c1-18(12-15(20)19-9-5-6-10-19)16(21)14(17)11-13-7-3-2-4-8-13/h2-4,7-8,14H,5-6,9-12,17H2,1H3/t14-/m1/s1. The van der Waals surface area contributed by atoms with Crippen molar-refractivity contribution < 1.29 is 9.59 Å². The highest BCUT2D eigenvalue weighted by Gasteiger charge is 2.24. The predicted octanol–water partition coefficient (Wildman–Crippen LogP) is 0.637. The molecule has 0 radical (unpaired) electrons. The summed E-state index contributed by atoms with van der Waals surface area (Å²) in [7, 11) is 1.64. The molecular formula is C16H23N3O2. The first-order valence-electron chi connectivity index (χ1n) is 7.40. The Labute approximate surface area is 125 Å². The Morgan fingerprint density at radius 3 is 2.48 bits per heavy atom. The van der Waals surface area contributed by atoms with Crippen LogP contribution in [0.4, 0.5) is 0 Å². The molecule has 0 unspecified atom stereocenters. The Bertz CT molecular complexity index is 484. The number of benzene rings is 1. The molecule has 1 aliphatic heterocycles. The van der Waals surface area contributed by atoms with Gasteiger partial charge in [-0.05, 0) is 24.8 Å². The van der Waals surface area contributed by atoms with Crippen LogP contribution < -0.4 is 5.73 Å². The number of nitrogens with two attached hydrogens (primary N) is 1. The largest absolute Gasteiger partial charge is 0.341 e. The van der Waals surface area contributed by atoms with Gasteiger partial charge in [-0.1, -0.05) is 30.3 Å². The third kappa shape index (κ3) is 4.29. The van der Waals surface area contributed by atoms with Crippen molar-refractivity contribution in [2.45, 2.75) is 25.3 Å². The van der Waals surface area contributed by atoms with E-state index in [1.165, 1.54) is 4.90 Å².